The molecule has 17 nitrogen and oxygen atoms in total. The van der Waals surface area contributed by atoms with Gasteiger partial charge in [-0.3, -0.25) is 24.1 Å². The van der Waals surface area contributed by atoms with Crippen molar-refractivity contribution in [2.75, 3.05) is 56.0 Å². The van der Waals surface area contributed by atoms with Crippen molar-refractivity contribution in [2.24, 2.45) is 5.41 Å². The van der Waals surface area contributed by atoms with Crippen molar-refractivity contribution in [3.8, 4) is 21.9 Å². The van der Waals surface area contributed by atoms with Gasteiger partial charge < -0.3 is 39.6 Å². The van der Waals surface area contributed by atoms with Gasteiger partial charge in [0.2, 0.25) is 17.7 Å². The van der Waals surface area contributed by atoms with Crippen LogP contribution in [0.2, 0.25) is 0 Å². The Labute approximate surface area is 401 Å². The average molecular weight is 952 g/mol. The number of aromatic nitrogens is 1. The Kier molecular flexibility index (Phi) is 16.6. The van der Waals surface area contributed by atoms with E-state index in [-0.39, 0.29) is 57.6 Å². The van der Waals surface area contributed by atoms with E-state index >= 15 is 0 Å². The molecule has 6 rings (SSSR count). The number of hydrogen-bond acceptors (Lipinski definition) is 12. The summed E-state index contributed by atoms with van der Waals surface area (Å²) in [6, 6.07) is 15.3. The lowest BCUT2D eigenvalue weighted by atomic mass is 9.85. The summed E-state index contributed by atoms with van der Waals surface area (Å²) >= 11 is 1.51. The molecule has 2 aliphatic heterocycles. The number of amides is 6. The molecule has 2 aliphatic rings. The number of urea groups is 1. The lowest BCUT2D eigenvalue weighted by Crippen LogP contribution is -2.57. The van der Waals surface area contributed by atoms with Crippen LogP contribution in [0.4, 0.5) is 21.9 Å². The monoisotopic (exact) mass is 951 g/mol. The zero-order chi connectivity index (χ0) is 49.3. The first-order valence-corrected chi connectivity index (χ1v) is 23.5. The maximum Gasteiger partial charge on any atom is 0.336 e. The van der Waals surface area contributed by atoms with Crippen LogP contribution in [0.15, 0.2) is 66.2 Å². The molecular weight excluding hydrogens is 891 g/mol. The first-order chi connectivity index (χ1) is 32.3. The molecule has 3 heterocycles. The highest BCUT2D eigenvalue weighted by Crippen LogP contribution is 2.38. The number of imide groups is 1. The third-order valence-corrected chi connectivity index (χ3v) is 12.8. The molecule has 0 saturated carbocycles. The normalized spacial score (nSPS) is 17.3. The number of aryl methyl sites for hydroxylation is 2. The minimum atomic E-state index is -1.15. The minimum Gasteiger partial charge on any atom is -0.491 e. The molecule has 3 atom stereocenters. The third-order valence-electron chi connectivity index (χ3n) is 11.8. The Morgan fingerprint density at radius 3 is 2.22 bits per heavy atom. The van der Waals surface area contributed by atoms with Crippen LogP contribution >= 0.6 is 11.3 Å². The second-order valence-electron chi connectivity index (χ2n) is 18.2. The molecule has 362 valence electrons. The number of carbonyl (C=O) groups excluding carboxylic acids is 5. The van der Waals surface area contributed by atoms with E-state index in [4.69, 9.17) is 25.5 Å². The molecular formula is C50H61N7O10S. The van der Waals surface area contributed by atoms with Crippen molar-refractivity contribution < 1.29 is 48.0 Å². The van der Waals surface area contributed by atoms with E-state index in [1.54, 1.807) is 75.7 Å². The molecule has 2 saturated heterocycles. The lowest BCUT2D eigenvalue weighted by molar-refractivity contribution is -0.144. The number of nitrogens with zero attached hydrogens (tertiary/aromatic N) is 5. The van der Waals surface area contributed by atoms with Crippen molar-refractivity contribution in [2.45, 2.75) is 98.5 Å². The second-order valence-corrected chi connectivity index (χ2v) is 19.1. The topological polar surface area (TPSA) is 194 Å². The molecule has 0 spiro atoms. The fraction of sp³-hybridized carbons (Fsp3) is 0.460. The molecule has 4 aromatic rings. The van der Waals surface area contributed by atoms with E-state index in [0.717, 1.165) is 21.0 Å². The highest BCUT2D eigenvalue weighted by Gasteiger charge is 2.53. The van der Waals surface area contributed by atoms with Gasteiger partial charge in [-0.25, -0.2) is 19.5 Å². The molecule has 68 heavy (non-hydrogen) atoms. The number of nitrogens with one attached hydrogen (secondary N) is 2. The van der Waals surface area contributed by atoms with Gasteiger partial charge in [0.05, 0.1) is 60.9 Å². The Bertz CT molecular complexity index is 2510. The van der Waals surface area contributed by atoms with Gasteiger partial charge in [-0.1, -0.05) is 45.9 Å². The molecule has 0 bridgehead atoms. The Hall–Kier alpha value is -6.39. The van der Waals surface area contributed by atoms with Crippen LogP contribution in [-0.2, 0) is 35.2 Å². The van der Waals surface area contributed by atoms with Gasteiger partial charge in [-0.05, 0) is 86.7 Å². The summed E-state index contributed by atoms with van der Waals surface area (Å²) in [5, 5.41) is 16.3. The van der Waals surface area contributed by atoms with E-state index < -0.39 is 47.0 Å². The van der Waals surface area contributed by atoms with Gasteiger partial charge in [0.15, 0.2) is 5.69 Å². The molecule has 6 amide bonds. The SMILES string of the molecule is [C-]#[N+]c1ccc(N2C(=O)N(c3ccc(OCCOCCOCCOc4cc(-c5scnc5C)ccc4CNC(=O)[C@@H]4C[C@@H](O)CN4C(=O)[C@@H](NC(=O)CC)C(C)(C)C)cc3)C(C)(C)C2=O)cc1C. The van der Waals surface area contributed by atoms with Gasteiger partial charge in [-0.2, -0.15) is 0 Å². The van der Waals surface area contributed by atoms with Crippen molar-refractivity contribution in [1.29, 1.82) is 0 Å². The maximum atomic E-state index is 13.8. The molecule has 18 heteroatoms. The number of rotatable bonds is 20. The Morgan fingerprint density at radius 1 is 0.941 bits per heavy atom. The predicted molar refractivity (Wildman–Crippen MR) is 258 cm³/mol. The average Bonchev–Trinajstić information content (AvgIpc) is 3.97. The Morgan fingerprint density at radius 2 is 1.60 bits per heavy atom. The van der Waals surface area contributed by atoms with Gasteiger partial charge in [0.1, 0.15) is 42.3 Å². The van der Waals surface area contributed by atoms with Gasteiger partial charge in [0.25, 0.3) is 5.91 Å². The maximum absolute atomic E-state index is 13.8. The van der Waals surface area contributed by atoms with E-state index in [2.05, 4.69) is 20.5 Å². The summed E-state index contributed by atoms with van der Waals surface area (Å²) in [6.45, 7) is 23.4. The number of ether oxygens (including phenoxy) is 4. The van der Waals surface area contributed by atoms with Crippen LogP contribution < -0.4 is 29.9 Å². The number of carbonyl (C=O) groups is 5. The third kappa shape index (κ3) is 11.8. The molecule has 1 aromatic heterocycles. The smallest absolute Gasteiger partial charge is 0.336 e. The number of aliphatic hydroxyl groups excluding tert-OH is 1. The highest BCUT2D eigenvalue weighted by molar-refractivity contribution is 7.13. The molecule has 3 aromatic carbocycles. The number of anilines is 2. The molecule has 0 unspecified atom stereocenters. The fourth-order valence-corrected chi connectivity index (χ4v) is 8.84. The molecule has 0 radical (unpaired) electrons. The second kappa shape index (κ2) is 22.1. The first-order valence-electron chi connectivity index (χ1n) is 22.6. The zero-order valence-electron chi connectivity index (χ0n) is 39.9. The number of aliphatic hydroxyl groups is 1. The molecule has 3 N–H and O–H groups in total. The van der Waals surface area contributed by atoms with Gasteiger partial charge in [0, 0.05) is 37.2 Å². The predicted octanol–water partition coefficient (Wildman–Crippen LogP) is 6.74. The van der Waals surface area contributed by atoms with E-state index in [0.29, 0.717) is 59.5 Å². The number of thiazole rings is 1. The number of hydrogen-bond donors (Lipinski definition) is 3. The van der Waals surface area contributed by atoms with Crippen LogP contribution in [0.3, 0.4) is 0 Å². The van der Waals surface area contributed by atoms with Crippen LogP contribution in [0.25, 0.3) is 15.3 Å². The largest absolute Gasteiger partial charge is 0.491 e. The van der Waals surface area contributed by atoms with Gasteiger partial charge in [-0.15, -0.1) is 11.3 Å². The first kappa shape index (κ1) is 51.0. The summed E-state index contributed by atoms with van der Waals surface area (Å²) in [6.07, 6.45) is -0.612. The van der Waals surface area contributed by atoms with E-state index in [1.807, 2.05) is 45.9 Å². The van der Waals surface area contributed by atoms with Crippen molar-refractivity contribution in [3.63, 3.8) is 0 Å². The van der Waals surface area contributed by atoms with Crippen molar-refractivity contribution in [3.05, 3.63) is 94.4 Å². The molecule has 2 fully saturated rings. The number of β-amino-alcohol motifs (C(OH)–C–C–N with tert-alkyl or cyclic N) is 1. The zero-order valence-corrected chi connectivity index (χ0v) is 40.7. The summed E-state index contributed by atoms with van der Waals surface area (Å²) in [7, 11) is 0. The summed E-state index contributed by atoms with van der Waals surface area (Å²) in [5.41, 5.74) is 4.57. The number of likely N-dealkylation sites (tertiary alicyclic amines) is 1. The summed E-state index contributed by atoms with van der Waals surface area (Å²) in [4.78, 5) is 79.7. The summed E-state index contributed by atoms with van der Waals surface area (Å²) in [5.74, 6) is -0.382. The van der Waals surface area contributed by atoms with Crippen molar-refractivity contribution in [1.82, 2.24) is 20.5 Å². The lowest BCUT2D eigenvalue weighted by Gasteiger charge is -2.35. The van der Waals surface area contributed by atoms with Crippen LogP contribution in [0.1, 0.15) is 71.2 Å². The van der Waals surface area contributed by atoms with Crippen molar-refractivity contribution >= 4 is 58.1 Å². The Balaban J connectivity index is 0.956. The minimum absolute atomic E-state index is 0.0191. The van der Waals surface area contributed by atoms with Gasteiger partial charge >= 0.3 is 6.03 Å². The summed E-state index contributed by atoms with van der Waals surface area (Å²) < 4.78 is 23.6. The van der Waals surface area contributed by atoms with E-state index in [9.17, 15) is 29.1 Å². The molecule has 0 aliphatic carbocycles. The highest BCUT2D eigenvalue weighted by atomic mass is 32.1. The van der Waals surface area contributed by atoms with Crippen LogP contribution in [0.5, 0.6) is 11.5 Å². The standard InChI is InChI=1S/C50H61N7O10S/c1-10-42(59)54-44(49(4,5)6)46(61)55-29-37(58)27-40(55)45(60)52-28-34-12-11-33(43-32(3)53-30-68-43)26-41(34)67-24-22-65-20-19-64-21-23-66-38-16-13-35(14-17-38)57-48(63)56(47(62)50(57,7)8)36-15-18-39(51-9)31(2)25-36/h11-18,25-26,30,37,40,44,58H,10,19-24,27-29H2,1-8H3,(H,52,60)(H,54,59)/t37-,40+,44-/m1/s1. The van der Waals surface area contributed by atoms with Crippen LogP contribution in [-0.4, -0.2) is 115 Å². The van der Waals surface area contributed by atoms with E-state index in [1.165, 1.54) is 21.1 Å². The van der Waals surface area contributed by atoms with Crippen LogP contribution in [0, 0.1) is 25.8 Å². The fourth-order valence-electron chi connectivity index (χ4n) is 8.04. The quantitative estimate of drug-likeness (QED) is 0.0483. The number of benzene rings is 3.